The second kappa shape index (κ2) is 9.09. The van der Waals surface area contributed by atoms with Crippen molar-refractivity contribution in [2.24, 2.45) is 0 Å². The van der Waals surface area contributed by atoms with Crippen LogP contribution >= 0.6 is 0 Å². The highest BCUT2D eigenvalue weighted by atomic mass is 16.5. The summed E-state index contributed by atoms with van der Waals surface area (Å²) in [6, 6.07) is 19.1. The van der Waals surface area contributed by atoms with Crippen LogP contribution in [0.2, 0.25) is 0 Å². The van der Waals surface area contributed by atoms with Crippen molar-refractivity contribution < 1.29 is 14.3 Å². The summed E-state index contributed by atoms with van der Waals surface area (Å²) >= 11 is 0. The molecule has 2 saturated heterocycles. The molecule has 2 amide bonds. The third-order valence-corrected chi connectivity index (χ3v) is 5.60. The Morgan fingerprint density at radius 2 is 1.76 bits per heavy atom. The molecule has 0 spiro atoms. The van der Waals surface area contributed by atoms with Crippen molar-refractivity contribution in [1.82, 2.24) is 15.1 Å². The highest BCUT2D eigenvalue weighted by Gasteiger charge is 2.35. The zero-order chi connectivity index (χ0) is 20.1. The zero-order valence-corrected chi connectivity index (χ0v) is 16.5. The lowest BCUT2D eigenvalue weighted by Gasteiger charge is -2.41. The third-order valence-electron chi connectivity index (χ3n) is 5.60. The predicted octanol–water partition coefficient (Wildman–Crippen LogP) is 2.23. The van der Waals surface area contributed by atoms with Gasteiger partial charge in [0.25, 0.3) is 5.91 Å². The van der Waals surface area contributed by atoms with E-state index < -0.39 is 6.10 Å². The fourth-order valence-electron chi connectivity index (χ4n) is 4.11. The summed E-state index contributed by atoms with van der Waals surface area (Å²) in [4.78, 5) is 29.6. The monoisotopic (exact) mass is 393 g/mol. The number of piperidine rings is 1. The molecule has 1 N–H and O–H groups in total. The van der Waals surface area contributed by atoms with Crippen molar-refractivity contribution in [3.8, 4) is 5.75 Å². The van der Waals surface area contributed by atoms with Gasteiger partial charge in [0.1, 0.15) is 5.75 Å². The molecule has 152 valence electrons. The van der Waals surface area contributed by atoms with Crippen LogP contribution in [-0.2, 0) is 9.59 Å². The number of para-hydroxylation sites is 1. The van der Waals surface area contributed by atoms with Crippen molar-refractivity contribution in [2.45, 2.75) is 25.0 Å². The van der Waals surface area contributed by atoms with E-state index in [4.69, 9.17) is 4.74 Å². The van der Waals surface area contributed by atoms with Crippen LogP contribution in [0.5, 0.6) is 5.75 Å². The Morgan fingerprint density at radius 1 is 1.03 bits per heavy atom. The molecule has 2 aliphatic rings. The fourth-order valence-corrected chi connectivity index (χ4v) is 4.11. The van der Waals surface area contributed by atoms with Gasteiger partial charge < -0.3 is 19.9 Å². The minimum Gasteiger partial charge on any atom is -0.476 e. The smallest absolute Gasteiger partial charge is 0.268 e. The van der Waals surface area contributed by atoms with Gasteiger partial charge in [-0.3, -0.25) is 9.59 Å². The first-order chi connectivity index (χ1) is 14.2. The van der Waals surface area contributed by atoms with Crippen LogP contribution in [-0.4, -0.2) is 60.4 Å². The molecule has 0 radical (unpaired) electrons. The lowest BCUT2D eigenvalue weighted by molar-refractivity contribution is -0.145. The average Bonchev–Trinajstić information content (AvgIpc) is 2.79. The first-order valence-corrected chi connectivity index (χ1v) is 10.3. The van der Waals surface area contributed by atoms with Crippen molar-refractivity contribution in [1.29, 1.82) is 0 Å². The van der Waals surface area contributed by atoms with Gasteiger partial charge in [-0.05, 0) is 25.0 Å². The third kappa shape index (κ3) is 4.59. The number of amides is 2. The molecule has 4 rings (SSSR count). The molecule has 2 aromatic rings. The minimum atomic E-state index is -0.698. The number of nitrogens with zero attached hydrogens (tertiary/aromatic N) is 2. The Kier molecular flexibility index (Phi) is 6.10. The summed E-state index contributed by atoms with van der Waals surface area (Å²) in [5.74, 6) is 0.739. The molecule has 2 heterocycles. The summed E-state index contributed by atoms with van der Waals surface area (Å²) in [5, 5.41) is 3.11. The molecule has 29 heavy (non-hydrogen) atoms. The van der Waals surface area contributed by atoms with Crippen LogP contribution in [0.1, 0.15) is 24.5 Å². The Bertz CT molecular complexity index is 828. The molecule has 0 saturated carbocycles. The lowest BCUT2D eigenvalue weighted by Crippen LogP contribution is -2.58. The molecule has 0 aromatic heterocycles. The van der Waals surface area contributed by atoms with Gasteiger partial charge in [-0.1, -0.05) is 48.5 Å². The number of hydrogen-bond donors (Lipinski definition) is 1. The molecule has 0 bridgehead atoms. The van der Waals surface area contributed by atoms with Crippen LogP contribution < -0.4 is 10.1 Å². The van der Waals surface area contributed by atoms with Gasteiger partial charge in [0, 0.05) is 37.8 Å². The fraction of sp³-hybridized carbons (Fsp3) is 0.391. The van der Waals surface area contributed by atoms with Crippen molar-refractivity contribution in [3.63, 3.8) is 0 Å². The normalized spacial score (nSPS) is 21.0. The molecule has 6 heteroatoms. The van der Waals surface area contributed by atoms with E-state index >= 15 is 0 Å². The first-order valence-electron chi connectivity index (χ1n) is 10.3. The Labute approximate surface area is 171 Å². The Morgan fingerprint density at radius 3 is 2.48 bits per heavy atom. The first kappa shape index (κ1) is 19.5. The number of nitrogens with one attached hydrogen (secondary N) is 1. The minimum absolute atomic E-state index is 0.0488. The number of carbonyl (C=O) groups excluding carboxylic acids is 2. The van der Waals surface area contributed by atoms with Crippen LogP contribution in [0.4, 0.5) is 0 Å². The van der Waals surface area contributed by atoms with Gasteiger partial charge in [-0.25, -0.2) is 0 Å². The van der Waals surface area contributed by atoms with Gasteiger partial charge in [-0.2, -0.15) is 0 Å². The summed E-state index contributed by atoms with van der Waals surface area (Å²) in [5.41, 5.74) is 0.835. The van der Waals surface area contributed by atoms with Crippen molar-refractivity contribution >= 4 is 11.8 Å². The van der Waals surface area contributed by atoms with Gasteiger partial charge in [-0.15, -0.1) is 0 Å². The molecule has 0 aliphatic carbocycles. The van der Waals surface area contributed by atoms with Crippen molar-refractivity contribution in [3.05, 3.63) is 66.2 Å². The van der Waals surface area contributed by atoms with Gasteiger partial charge in [0.05, 0.1) is 6.54 Å². The molecule has 2 fully saturated rings. The number of benzene rings is 2. The van der Waals surface area contributed by atoms with E-state index in [2.05, 4.69) is 5.32 Å². The number of hydrogen-bond acceptors (Lipinski definition) is 4. The molecule has 2 unspecified atom stereocenters. The quantitative estimate of drug-likeness (QED) is 0.846. The molecule has 2 aromatic carbocycles. The molecule has 2 aliphatic heterocycles. The maximum Gasteiger partial charge on any atom is 0.268 e. The maximum atomic E-state index is 13.5. The summed E-state index contributed by atoms with van der Waals surface area (Å²) in [6.45, 7) is 3.14. The molecule has 2 atom stereocenters. The second-order valence-electron chi connectivity index (χ2n) is 7.57. The van der Waals surface area contributed by atoms with Crippen molar-refractivity contribution in [2.75, 3.05) is 32.7 Å². The average molecular weight is 393 g/mol. The number of ether oxygens (including phenoxy) is 1. The van der Waals surface area contributed by atoms with Gasteiger partial charge in [0.2, 0.25) is 12.0 Å². The highest BCUT2D eigenvalue weighted by molar-refractivity contribution is 5.83. The second-order valence-corrected chi connectivity index (χ2v) is 7.57. The number of carbonyl (C=O) groups is 2. The summed E-state index contributed by atoms with van der Waals surface area (Å²) < 4.78 is 6.14. The Balaban J connectivity index is 1.52. The maximum absolute atomic E-state index is 13.5. The van der Waals surface area contributed by atoms with E-state index in [0.29, 0.717) is 31.9 Å². The standard InChI is InChI=1S/C23H27N3O3/c27-21-16-24-13-15-26(21)19-10-7-14-25(17-19)23(28)22(18-8-3-1-4-9-18)29-20-11-5-2-6-12-20/h1-6,8-9,11-12,19,22,24H,7,10,13-17H2. The topological polar surface area (TPSA) is 61.9 Å². The van der Waals surface area contributed by atoms with Crippen LogP contribution in [0.15, 0.2) is 60.7 Å². The van der Waals surface area contributed by atoms with E-state index in [1.807, 2.05) is 70.5 Å². The van der Waals surface area contributed by atoms with Crippen LogP contribution in [0.3, 0.4) is 0 Å². The molecular formula is C23H27N3O3. The van der Waals surface area contributed by atoms with E-state index in [-0.39, 0.29) is 17.9 Å². The SMILES string of the molecule is O=C(C(Oc1ccccc1)c1ccccc1)N1CCCC(N2CCNCC2=O)C1. The number of piperazine rings is 1. The van der Waals surface area contributed by atoms with E-state index in [1.54, 1.807) is 0 Å². The van der Waals surface area contributed by atoms with Crippen LogP contribution in [0, 0.1) is 0 Å². The van der Waals surface area contributed by atoms with E-state index in [0.717, 1.165) is 24.9 Å². The van der Waals surface area contributed by atoms with Gasteiger partial charge in [0.15, 0.2) is 0 Å². The Hall–Kier alpha value is -2.86. The van der Waals surface area contributed by atoms with E-state index in [1.165, 1.54) is 0 Å². The number of rotatable bonds is 5. The molecular weight excluding hydrogens is 366 g/mol. The van der Waals surface area contributed by atoms with Gasteiger partial charge >= 0.3 is 0 Å². The molecule has 6 nitrogen and oxygen atoms in total. The van der Waals surface area contributed by atoms with E-state index in [9.17, 15) is 9.59 Å². The largest absolute Gasteiger partial charge is 0.476 e. The predicted molar refractivity (Wildman–Crippen MR) is 110 cm³/mol. The summed E-state index contributed by atoms with van der Waals surface area (Å²) in [7, 11) is 0. The summed E-state index contributed by atoms with van der Waals surface area (Å²) in [6.07, 6.45) is 1.13. The highest BCUT2D eigenvalue weighted by Crippen LogP contribution is 2.26. The number of likely N-dealkylation sites (tertiary alicyclic amines) is 1. The lowest BCUT2D eigenvalue weighted by atomic mass is 10.0. The zero-order valence-electron chi connectivity index (χ0n) is 16.5. The van der Waals surface area contributed by atoms with Crippen LogP contribution in [0.25, 0.3) is 0 Å².